The first-order valence-electron chi connectivity index (χ1n) is 10.7. The number of hydrogen-bond acceptors (Lipinski definition) is 3. The lowest BCUT2D eigenvalue weighted by Gasteiger charge is -2.32. The summed E-state index contributed by atoms with van der Waals surface area (Å²) in [6.45, 7) is 7.38. The maximum absolute atomic E-state index is 11.8. The van der Waals surface area contributed by atoms with Crippen LogP contribution in [-0.4, -0.2) is 60.8 Å². The Bertz CT molecular complexity index is 808. The van der Waals surface area contributed by atoms with E-state index < -0.39 is 0 Å². The third-order valence-corrected chi connectivity index (χ3v) is 5.26. The molecular formula is C22H33N5O2. The summed E-state index contributed by atoms with van der Waals surface area (Å²) in [5.74, 6) is 0.862. The molecular weight excluding hydrogens is 366 g/mol. The van der Waals surface area contributed by atoms with Crippen LogP contribution in [-0.2, 0) is 11.2 Å². The van der Waals surface area contributed by atoms with Crippen LogP contribution in [0.1, 0.15) is 38.7 Å². The number of rotatable bonds is 7. The largest absolute Gasteiger partial charge is 0.450 e. The Morgan fingerprint density at radius 1 is 1.28 bits per heavy atom. The van der Waals surface area contributed by atoms with Gasteiger partial charge in [-0.25, -0.2) is 4.79 Å². The van der Waals surface area contributed by atoms with Crippen molar-refractivity contribution in [1.82, 2.24) is 20.5 Å². The summed E-state index contributed by atoms with van der Waals surface area (Å²) < 4.78 is 5.09. The van der Waals surface area contributed by atoms with Crippen LogP contribution in [0.2, 0.25) is 0 Å². The summed E-state index contributed by atoms with van der Waals surface area (Å²) in [5.41, 5.74) is 2.54. The zero-order valence-corrected chi connectivity index (χ0v) is 17.5. The van der Waals surface area contributed by atoms with Crippen molar-refractivity contribution in [1.29, 1.82) is 0 Å². The second kappa shape index (κ2) is 10.7. The summed E-state index contributed by atoms with van der Waals surface area (Å²) >= 11 is 0. The fourth-order valence-corrected chi connectivity index (χ4v) is 3.73. The third-order valence-electron chi connectivity index (χ3n) is 5.26. The number of amides is 1. The van der Waals surface area contributed by atoms with Crippen molar-refractivity contribution < 1.29 is 9.53 Å². The molecule has 1 aromatic heterocycles. The molecule has 7 heteroatoms. The lowest BCUT2D eigenvalue weighted by molar-refractivity contribution is 0.0963. The number of H-pyrrole nitrogens is 1. The van der Waals surface area contributed by atoms with Gasteiger partial charge in [0.15, 0.2) is 5.96 Å². The van der Waals surface area contributed by atoms with Crippen LogP contribution in [0.25, 0.3) is 10.9 Å². The molecule has 1 aliphatic heterocycles. The van der Waals surface area contributed by atoms with Gasteiger partial charge in [-0.15, -0.1) is 0 Å². The van der Waals surface area contributed by atoms with Crippen molar-refractivity contribution in [2.24, 2.45) is 4.99 Å². The monoisotopic (exact) mass is 399 g/mol. The van der Waals surface area contributed by atoms with Crippen molar-refractivity contribution in [3.05, 3.63) is 36.0 Å². The number of nitrogens with zero attached hydrogens (tertiary/aromatic N) is 2. The average Bonchev–Trinajstić information content (AvgIpc) is 3.15. The van der Waals surface area contributed by atoms with Gasteiger partial charge < -0.3 is 25.3 Å². The molecule has 3 rings (SSSR count). The highest BCUT2D eigenvalue weighted by atomic mass is 16.6. The van der Waals surface area contributed by atoms with Gasteiger partial charge in [-0.2, -0.15) is 0 Å². The van der Waals surface area contributed by atoms with Crippen LogP contribution in [0.4, 0.5) is 4.79 Å². The summed E-state index contributed by atoms with van der Waals surface area (Å²) in [5, 5.41) is 8.16. The molecule has 0 spiro atoms. The minimum absolute atomic E-state index is 0.205. The number of aliphatic imine (C=N–C) groups is 1. The number of carbonyl (C=O) groups excluding carboxylic acids is 1. The van der Waals surface area contributed by atoms with Crippen molar-refractivity contribution in [3.8, 4) is 0 Å². The highest BCUT2D eigenvalue weighted by Gasteiger charge is 2.23. The maximum Gasteiger partial charge on any atom is 0.409 e. The Labute approximate surface area is 172 Å². The molecule has 1 aromatic carbocycles. The van der Waals surface area contributed by atoms with Crippen LogP contribution in [0.15, 0.2) is 35.5 Å². The molecule has 3 N–H and O–H groups in total. The van der Waals surface area contributed by atoms with Crippen molar-refractivity contribution in [2.45, 2.75) is 45.6 Å². The smallest absolute Gasteiger partial charge is 0.409 e. The van der Waals surface area contributed by atoms with Crippen molar-refractivity contribution in [3.63, 3.8) is 0 Å². The van der Waals surface area contributed by atoms with Gasteiger partial charge in [0.25, 0.3) is 0 Å². The van der Waals surface area contributed by atoms with Crippen molar-refractivity contribution in [2.75, 3.05) is 32.8 Å². The summed E-state index contributed by atoms with van der Waals surface area (Å²) in [6, 6.07) is 8.74. The minimum atomic E-state index is -0.205. The Morgan fingerprint density at radius 2 is 2.07 bits per heavy atom. The van der Waals surface area contributed by atoms with Gasteiger partial charge in [-0.3, -0.25) is 4.99 Å². The SMILES string of the molecule is CCNC(=NCCCc1c[nH]c2ccccc12)NC1CCN(C(=O)OCC)CC1. The van der Waals surface area contributed by atoms with E-state index in [9.17, 15) is 4.79 Å². The zero-order chi connectivity index (χ0) is 20.5. The molecule has 0 aliphatic carbocycles. The summed E-state index contributed by atoms with van der Waals surface area (Å²) in [4.78, 5) is 21.7. The molecule has 2 aromatic rings. The first kappa shape index (κ1) is 21.0. The van der Waals surface area contributed by atoms with E-state index in [1.54, 1.807) is 4.90 Å². The molecule has 0 atom stereocenters. The Morgan fingerprint density at radius 3 is 2.83 bits per heavy atom. The number of likely N-dealkylation sites (tertiary alicyclic amines) is 1. The average molecular weight is 400 g/mol. The van der Waals surface area contributed by atoms with Gasteiger partial charge in [0.2, 0.25) is 0 Å². The lowest BCUT2D eigenvalue weighted by atomic mass is 10.1. The molecule has 0 bridgehead atoms. The number of aryl methyl sites for hydroxylation is 1. The zero-order valence-electron chi connectivity index (χ0n) is 17.5. The topological polar surface area (TPSA) is 81.8 Å². The number of hydrogen-bond donors (Lipinski definition) is 3. The number of carbonyl (C=O) groups is 1. The lowest BCUT2D eigenvalue weighted by Crippen LogP contribution is -2.49. The fourth-order valence-electron chi connectivity index (χ4n) is 3.73. The second-order valence-corrected chi connectivity index (χ2v) is 7.33. The Kier molecular flexibility index (Phi) is 7.78. The van der Waals surface area contributed by atoms with E-state index in [-0.39, 0.29) is 6.09 Å². The van der Waals surface area contributed by atoms with Crippen LogP contribution < -0.4 is 10.6 Å². The second-order valence-electron chi connectivity index (χ2n) is 7.33. The number of piperidine rings is 1. The first-order valence-corrected chi connectivity index (χ1v) is 10.7. The summed E-state index contributed by atoms with van der Waals surface area (Å²) in [7, 11) is 0. The molecule has 7 nitrogen and oxygen atoms in total. The number of aromatic nitrogens is 1. The van der Waals surface area contributed by atoms with Gasteiger partial charge in [0, 0.05) is 49.3 Å². The number of benzene rings is 1. The molecule has 0 radical (unpaired) electrons. The molecule has 158 valence electrons. The molecule has 1 saturated heterocycles. The van der Waals surface area contributed by atoms with Crippen LogP contribution in [0.5, 0.6) is 0 Å². The van der Waals surface area contributed by atoms with Crippen LogP contribution in [0, 0.1) is 0 Å². The highest BCUT2D eigenvalue weighted by Crippen LogP contribution is 2.19. The maximum atomic E-state index is 11.8. The highest BCUT2D eigenvalue weighted by molar-refractivity contribution is 5.83. The Balaban J connectivity index is 1.45. The molecule has 2 heterocycles. The van der Waals surface area contributed by atoms with E-state index in [2.05, 4.69) is 53.0 Å². The van der Waals surface area contributed by atoms with Gasteiger partial charge in [-0.1, -0.05) is 18.2 Å². The number of nitrogens with one attached hydrogen (secondary N) is 3. The number of ether oxygens (including phenoxy) is 1. The van der Waals surface area contributed by atoms with Gasteiger partial charge in [-0.05, 0) is 51.2 Å². The molecule has 1 amide bonds. The van der Waals surface area contributed by atoms with Crippen LogP contribution >= 0.6 is 0 Å². The van der Waals surface area contributed by atoms with Crippen LogP contribution in [0.3, 0.4) is 0 Å². The predicted molar refractivity (Wildman–Crippen MR) is 117 cm³/mol. The van der Waals surface area contributed by atoms with E-state index in [1.807, 2.05) is 6.92 Å². The minimum Gasteiger partial charge on any atom is -0.450 e. The molecule has 1 aliphatic rings. The molecule has 0 saturated carbocycles. The van der Waals surface area contributed by atoms with E-state index in [0.717, 1.165) is 57.8 Å². The van der Waals surface area contributed by atoms with Crippen molar-refractivity contribution >= 4 is 23.0 Å². The van der Waals surface area contributed by atoms with E-state index >= 15 is 0 Å². The van der Waals surface area contributed by atoms with E-state index in [4.69, 9.17) is 9.73 Å². The molecule has 0 unspecified atom stereocenters. The molecule has 1 fully saturated rings. The Hall–Kier alpha value is -2.70. The molecule has 29 heavy (non-hydrogen) atoms. The number of fused-ring (bicyclic) bond motifs is 1. The third kappa shape index (κ3) is 5.89. The predicted octanol–water partition coefficient (Wildman–Crippen LogP) is 3.28. The fraction of sp³-hybridized carbons (Fsp3) is 0.545. The summed E-state index contributed by atoms with van der Waals surface area (Å²) in [6.07, 6.45) is 5.71. The van der Waals surface area contributed by atoms with Gasteiger partial charge in [0.05, 0.1) is 6.61 Å². The normalized spacial score (nSPS) is 15.5. The quantitative estimate of drug-likeness (QED) is 0.379. The number of guanidine groups is 1. The van der Waals surface area contributed by atoms with E-state index in [0.29, 0.717) is 12.6 Å². The van der Waals surface area contributed by atoms with Gasteiger partial charge in [0.1, 0.15) is 0 Å². The number of para-hydroxylation sites is 1. The standard InChI is InChI=1S/C22H33N5O2/c1-3-23-21(26-18-11-14-27(15-12-18)22(28)29-4-2)24-13-7-8-17-16-25-20-10-6-5-9-19(17)20/h5-6,9-10,16,18,25H,3-4,7-8,11-15H2,1-2H3,(H2,23,24,26). The van der Waals surface area contributed by atoms with Gasteiger partial charge >= 0.3 is 6.09 Å². The number of aromatic amines is 1. The first-order chi connectivity index (χ1) is 14.2. The van der Waals surface area contributed by atoms with E-state index in [1.165, 1.54) is 16.5 Å².